The van der Waals surface area contributed by atoms with E-state index in [0.29, 0.717) is 32.4 Å². The van der Waals surface area contributed by atoms with Crippen LogP contribution in [0.2, 0.25) is 20.1 Å². The summed E-state index contributed by atoms with van der Waals surface area (Å²) in [6.45, 7) is 0.486. The van der Waals surface area contributed by atoms with Crippen molar-refractivity contribution in [3.8, 4) is 5.75 Å². The van der Waals surface area contributed by atoms with E-state index in [2.05, 4.69) is 5.32 Å². The lowest BCUT2D eigenvalue weighted by atomic mass is 10.2. The first-order valence-corrected chi connectivity index (χ1v) is 7.22. The van der Waals surface area contributed by atoms with Crippen molar-refractivity contribution in [2.75, 3.05) is 12.4 Å². The molecule has 0 heterocycles. The fourth-order valence-corrected chi connectivity index (χ4v) is 2.97. The molecule has 2 rings (SSSR count). The quantitative estimate of drug-likeness (QED) is 0.738. The van der Waals surface area contributed by atoms with Gasteiger partial charge in [0.1, 0.15) is 5.75 Å². The summed E-state index contributed by atoms with van der Waals surface area (Å²) in [6, 6.07) is 8.68. The van der Waals surface area contributed by atoms with Gasteiger partial charge in [0.05, 0.1) is 12.1 Å². The van der Waals surface area contributed by atoms with Crippen molar-refractivity contribution in [3.05, 3.63) is 56.0 Å². The zero-order chi connectivity index (χ0) is 14.7. The molecule has 6 heteroatoms. The summed E-state index contributed by atoms with van der Waals surface area (Å²) in [6.07, 6.45) is 0. The van der Waals surface area contributed by atoms with Crippen LogP contribution in [0.3, 0.4) is 0 Å². The van der Waals surface area contributed by atoms with Crippen molar-refractivity contribution in [3.63, 3.8) is 0 Å². The maximum absolute atomic E-state index is 6.09. The molecular weight excluding hydrogens is 340 g/mol. The Morgan fingerprint density at radius 1 is 0.900 bits per heavy atom. The van der Waals surface area contributed by atoms with E-state index in [1.807, 2.05) is 0 Å². The Kier molecular flexibility index (Phi) is 5.28. The molecule has 1 N–H and O–H groups in total. The number of ether oxygens (including phenoxy) is 1. The number of nitrogens with one attached hydrogen (secondary N) is 1. The number of halogens is 4. The summed E-state index contributed by atoms with van der Waals surface area (Å²) in [4.78, 5) is 0. The predicted molar refractivity (Wildman–Crippen MR) is 86.8 cm³/mol. The molecule has 0 saturated heterocycles. The van der Waals surface area contributed by atoms with Crippen LogP contribution < -0.4 is 10.1 Å². The van der Waals surface area contributed by atoms with Crippen LogP contribution >= 0.6 is 46.4 Å². The number of hydrogen-bond acceptors (Lipinski definition) is 2. The molecule has 0 aliphatic carbocycles. The van der Waals surface area contributed by atoms with Gasteiger partial charge in [-0.2, -0.15) is 0 Å². The summed E-state index contributed by atoms with van der Waals surface area (Å²) in [5.41, 5.74) is 1.65. The molecule has 0 unspecified atom stereocenters. The Balaban J connectivity index is 2.22. The minimum atomic E-state index is 0.473. The van der Waals surface area contributed by atoms with Crippen LogP contribution in [0, 0.1) is 0 Å². The lowest BCUT2D eigenvalue weighted by Crippen LogP contribution is -2.02. The summed E-state index contributed by atoms with van der Waals surface area (Å²) in [7, 11) is 1.56. The van der Waals surface area contributed by atoms with Crippen molar-refractivity contribution in [1.29, 1.82) is 0 Å². The maximum Gasteiger partial charge on any atom is 0.142 e. The smallest absolute Gasteiger partial charge is 0.142 e. The molecule has 0 bridgehead atoms. The SMILES string of the molecule is COc1c(Cl)cc(Cl)cc1CNc1cc(Cl)cc(Cl)c1. The number of benzene rings is 2. The summed E-state index contributed by atoms with van der Waals surface area (Å²) in [5, 5.41) is 5.36. The highest BCUT2D eigenvalue weighted by molar-refractivity contribution is 6.36. The van der Waals surface area contributed by atoms with E-state index in [0.717, 1.165) is 11.3 Å². The van der Waals surface area contributed by atoms with E-state index in [4.69, 9.17) is 51.1 Å². The van der Waals surface area contributed by atoms with Crippen LogP contribution in [0.1, 0.15) is 5.56 Å². The minimum Gasteiger partial charge on any atom is -0.495 e. The van der Waals surface area contributed by atoms with Gasteiger partial charge in [0, 0.05) is 32.9 Å². The molecule has 0 aliphatic heterocycles. The second kappa shape index (κ2) is 6.77. The first-order chi connectivity index (χ1) is 9.49. The van der Waals surface area contributed by atoms with Gasteiger partial charge in [-0.15, -0.1) is 0 Å². The average molecular weight is 351 g/mol. The van der Waals surface area contributed by atoms with E-state index in [1.165, 1.54) is 0 Å². The van der Waals surface area contributed by atoms with E-state index < -0.39 is 0 Å². The number of hydrogen-bond donors (Lipinski definition) is 1. The minimum absolute atomic E-state index is 0.473. The molecule has 0 aliphatic rings. The van der Waals surface area contributed by atoms with E-state index in [1.54, 1.807) is 37.4 Å². The lowest BCUT2D eigenvalue weighted by Gasteiger charge is -2.13. The van der Waals surface area contributed by atoms with Crippen molar-refractivity contribution < 1.29 is 4.74 Å². The third-order valence-electron chi connectivity index (χ3n) is 2.63. The Bertz CT molecular complexity index is 611. The van der Waals surface area contributed by atoms with Crippen LogP contribution in [0.5, 0.6) is 5.75 Å². The normalized spacial score (nSPS) is 10.4. The molecule has 0 saturated carbocycles. The van der Waals surface area contributed by atoms with Crippen LogP contribution in [0.4, 0.5) is 5.69 Å². The lowest BCUT2D eigenvalue weighted by molar-refractivity contribution is 0.410. The molecule has 0 radical (unpaired) electrons. The highest BCUT2D eigenvalue weighted by Crippen LogP contribution is 2.33. The van der Waals surface area contributed by atoms with Gasteiger partial charge in [0.15, 0.2) is 0 Å². The monoisotopic (exact) mass is 349 g/mol. The molecule has 0 fully saturated rings. The maximum atomic E-state index is 6.09. The standard InChI is InChI=1S/C14H11Cl4NO/c1-20-14-8(2-9(15)6-13(14)18)7-19-12-4-10(16)3-11(17)5-12/h2-6,19H,7H2,1H3. The van der Waals surface area contributed by atoms with Gasteiger partial charge in [0.25, 0.3) is 0 Å². The molecule has 0 amide bonds. The fraction of sp³-hybridized carbons (Fsp3) is 0.143. The van der Waals surface area contributed by atoms with Crippen LogP contribution in [-0.2, 0) is 6.54 Å². The van der Waals surface area contributed by atoms with Crippen molar-refractivity contribution in [2.45, 2.75) is 6.54 Å². The Hall–Kier alpha value is -0.800. The summed E-state index contributed by atoms with van der Waals surface area (Å²) < 4.78 is 5.28. The third kappa shape index (κ3) is 3.86. The Morgan fingerprint density at radius 2 is 1.50 bits per heavy atom. The van der Waals surface area contributed by atoms with Gasteiger partial charge in [-0.25, -0.2) is 0 Å². The zero-order valence-corrected chi connectivity index (χ0v) is 13.5. The summed E-state index contributed by atoms with van der Waals surface area (Å²) in [5.74, 6) is 0.594. The molecule has 106 valence electrons. The van der Waals surface area contributed by atoms with Crippen molar-refractivity contribution in [1.82, 2.24) is 0 Å². The van der Waals surface area contributed by atoms with Crippen LogP contribution in [-0.4, -0.2) is 7.11 Å². The van der Waals surface area contributed by atoms with E-state index >= 15 is 0 Å². The Morgan fingerprint density at radius 3 is 2.10 bits per heavy atom. The van der Waals surface area contributed by atoms with Crippen LogP contribution in [0.15, 0.2) is 30.3 Å². The molecule has 0 spiro atoms. The van der Waals surface area contributed by atoms with E-state index in [9.17, 15) is 0 Å². The highest BCUT2D eigenvalue weighted by atomic mass is 35.5. The second-order valence-corrected chi connectivity index (χ2v) is 5.81. The molecule has 20 heavy (non-hydrogen) atoms. The number of anilines is 1. The van der Waals surface area contributed by atoms with Crippen molar-refractivity contribution >= 4 is 52.1 Å². The van der Waals surface area contributed by atoms with Gasteiger partial charge in [-0.3, -0.25) is 0 Å². The number of rotatable bonds is 4. The van der Waals surface area contributed by atoms with Gasteiger partial charge in [0.2, 0.25) is 0 Å². The zero-order valence-electron chi connectivity index (χ0n) is 10.5. The molecule has 2 aromatic rings. The molecule has 2 nitrogen and oxygen atoms in total. The highest BCUT2D eigenvalue weighted by Gasteiger charge is 2.10. The van der Waals surface area contributed by atoms with Gasteiger partial charge in [-0.05, 0) is 30.3 Å². The predicted octanol–water partition coefficient (Wildman–Crippen LogP) is 5.92. The second-order valence-electron chi connectivity index (χ2n) is 4.09. The van der Waals surface area contributed by atoms with Gasteiger partial charge >= 0.3 is 0 Å². The van der Waals surface area contributed by atoms with E-state index in [-0.39, 0.29) is 0 Å². The van der Waals surface area contributed by atoms with Crippen LogP contribution in [0.25, 0.3) is 0 Å². The summed E-state index contributed by atoms with van der Waals surface area (Å²) >= 11 is 24.0. The Labute approximate surface area is 137 Å². The largest absolute Gasteiger partial charge is 0.495 e. The molecular formula is C14H11Cl4NO. The first-order valence-electron chi connectivity index (χ1n) is 5.71. The van der Waals surface area contributed by atoms with Crippen molar-refractivity contribution in [2.24, 2.45) is 0 Å². The fourth-order valence-electron chi connectivity index (χ4n) is 1.83. The van der Waals surface area contributed by atoms with Gasteiger partial charge in [-0.1, -0.05) is 46.4 Å². The number of methoxy groups -OCH3 is 1. The third-order valence-corrected chi connectivity index (χ3v) is 3.57. The van der Waals surface area contributed by atoms with Gasteiger partial charge < -0.3 is 10.1 Å². The first kappa shape index (κ1) is 15.6. The molecule has 0 aromatic heterocycles. The molecule has 2 aromatic carbocycles. The average Bonchev–Trinajstić information content (AvgIpc) is 2.34. The topological polar surface area (TPSA) is 21.3 Å². The molecule has 0 atom stereocenters.